The van der Waals surface area contributed by atoms with E-state index in [1.165, 1.54) is 6.07 Å². The SMILES string of the molecule is CCNC(=NCCNC(=O)c1ccc(C)c(F)c1)NCCn1cccc1.I. The molecule has 0 aliphatic heterocycles. The molecule has 0 bridgehead atoms. The standard InChI is InChI=1S/C19H26FN5O.HI/c1-3-21-19(24-10-13-25-11-4-5-12-25)23-9-8-22-18(26)16-7-6-15(2)17(20)14-16;/h4-7,11-12,14H,3,8-10,13H2,1-2H3,(H,22,26)(H2,21,23,24);1H. The van der Waals surface area contributed by atoms with Crippen LogP contribution in [0.5, 0.6) is 0 Å². The number of guanidine groups is 1. The van der Waals surface area contributed by atoms with E-state index in [2.05, 4.69) is 25.5 Å². The van der Waals surface area contributed by atoms with E-state index in [9.17, 15) is 9.18 Å². The van der Waals surface area contributed by atoms with E-state index in [0.29, 0.717) is 30.2 Å². The molecular formula is C19H27FIN5O. The summed E-state index contributed by atoms with van der Waals surface area (Å²) >= 11 is 0. The van der Waals surface area contributed by atoms with Gasteiger partial charge in [-0.15, -0.1) is 24.0 Å². The largest absolute Gasteiger partial charge is 0.357 e. The van der Waals surface area contributed by atoms with E-state index in [-0.39, 0.29) is 35.7 Å². The molecular weight excluding hydrogens is 460 g/mol. The van der Waals surface area contributed by atoms with Crippen molar-refractivity contribution in [1.29, 1.82) is 0 Å². The molecule has 27 heavy (non-hydrogen) atoms. The summed E-state index contributed by atoms with van der Waals surface area (Å²) in [5.74, 6) is 0.0250. The molecule has 2 aromatic rings. The first-order chi connectivity index (χ1) is 12.6. The van der Waals surface area contributed by atoms with E-state index >= 15 is 0 Å². The van der Waals surface area contributed by atoms with Crippen LogP contribution in [0.15, 0.2) is 47.7 Å². The van der Waals surface area contributed by atoms with Crippen LogP contribution in [-0.4, -0.2) is 42.6 Å². The fraction of sp³-hybridized carbons (Fsp3) is 0.368. The maximum atomic E-state index is 13.5. The van der Waals surface area contributed by atoms with Gasteiger partial charge in [-0.05, 0) is 43.7 Å². The quantitative estimate of drug-likeness (QED) is 0.232. The van der Waals surface area contributed by atoms with Gasteiger partial charge < -0.3 is 20.5 Å². The molecule has 0 fully saturated rings. The second kappa shape index (κ2) is 12.3. The second-order valence-electron chi connectivity index (χ2n) is 5.83. The van der Waals surface area contributed by atoms with Crippen molar-refractivity contribution in [2.24, 2.45) is 4.99 Å². The Hall–Kier alpha value is -2.10. The molecule has 0 saturated carbocycles. The van der Waals surface area contributed by atoms with Crippen LogP contribution < -0.4 is 16.0 Å². The number of carbonyl (C=O) groups excluding carboxylic acids is 1. The first-order valence-corrected chi connectivity index (χ1v) is 8.77. The number of aliphatic imine (C=N–C) groups is 1. The van der Waals surface area contributed by atoms with Crippen molar-refractivity contribution in [1.82, 2.24) is 20.5 Å². The van der Waals surface area contributed by atoms with Gasteiger partial charge in [0.25, 0.3) is 5.91 Å². The van der Waals surface area contributed by atoms with Crippen LogP contribution in [-0.2, 0) is 6.54 Å². The number of benzene rings is 1. The number of carbonyl (C=O) groups is 1. The van der Waals surface area contributed by atoms with Crippen molar-refractivity contribution in [2.45, 2.75) is 20.4 Å². The fourth-order valence-corrected chi connectivity index (χ4v) is 2.34. The monoisotopic (exact) mass is 487 g/mol. The molecule has 0 spiro atoms. The average Bonchev–Trinajstić information content (AvgIpc) is 3.14. The maximum absolute atomic E-state index is 13.5. The molecule has 2 rings (SSSR count). The molecule has 0 aliphatic rings. The summed E-state index contributed by atoms with van der Waals surface area (Å²) in [4.78, 5) is 16.4. The number of aromatic nitrogens is 1. The number of nitrogens with one attached hydrogen (secondary N) is 3. The molecule has 1 aromatic heterocycles. The van der Waals surface area contributed by atoms with Crippen LogP contribution in [0.3, 0.4) is 0 Å². The Labute approximate surface area is 176 Å². The highest BCUT2D eigenvalue weighted by atomic mass is 127. The molecule has 1 aromatic carbocycles. The van der Waals surface area contributed by atoms with Gasteiger partial charge in [0, 0.05) is 44.1 Å². The summed E-state index contributed by atoms with van der Waals surface area (Å²) in [6, 6.07) is 8.44. The first-order valence-electron chi connectivity index (χ1n) is 8.77. The zero-order valence-corrected chi connectivity index (χ0v) is 18.0. The number of aryl methyl sites for hydroxylation is 1. The van der Waals surface area contributed by atoms with Gasteiger partial charge in [-0.3, -0.25) is 9.79 Å². The molecule has 3 N–H and O–H groups in total. The molecule has 0 unspecified atom stereocenters. The minimum atomic E-state index is -0.378. The smallest absolute Gasteiger partial charge is 0.251 e. The Morgan fingerprint density at radius 2 is 1.89 bits per heavy atom. The summed E-state index contributed by atoms with van der Waals surface area (Å²) < 4.78 is 15.6. The topological polar surface area (TPSA) is 70.4 Å². The number of amides is 1. The van der Waals surface area contributed by atoms with Crippen LogP contribution in [0.2, 0.25) is 0 Å². The number of halogens is 2. The third-order valence-corrected chi connectivity index (χ3v) is 3.77. The highest BCUT2D eigenvalue weighted by Gasteiger charge is 2.07. The van der Waals surface area contributed by atoms with Crippen LogP contribution in [0.4, 0.5) is 4.39 Å². The number of nitrogens with zero attached hydrogens (tertiary/aromatic N) is 2. The predicted molar refractivity (Wildman–Crippen MR) is 117 cm³/mol. The lowest BCUT2D eigenvalue weighted by atomic mass is 10.1. The van der Waals surface area contributed by atoms with Crippen LogP contribution >= 0.6 is 24.0 Å². The highest BCUT2D eigenvalue weighted by molar-refractivity contribution is 14.0. The van der Waals surface area contributed by atoms with Gasteiger partial charge in [-0.2, -0.15) is 0 Å². The van der Waals surface area contributed by atoms with Crippen molar-refractivity contribution in [2.75, 3.05) is 26.2 Å². The molecule has 6 nitrogen and oxygen atoms in total. The normalized spacial score (nSPS) is 10.9. The van der Waals surface area contributed by atoms with Gasteiger partial charge in [0.15, 0.2) is 5.96 Å². The van der Waals surface area contributed by atoms with Crippen LogP contribution in [0.25, 0.3) is 0 Å². The van der Waals surface area contributed by atoms with E-state index < -0.39 is 0 Å². The Balaban J connectivity index is 0.00000364. The predicted octanol–water partition coefficient (Wildman–Crippen LogP) is 2.54. The van der Waals surface area contributed by atoms with E-state index in [1.807, 2.05) is 31.5 Å². The zero-order chi connectivity index (χ0) is 18.8. The lowest BCUT2D eigenvalue weighted by molar-refractivity contribution is 0.0954. The van der Waals surface area contributed by atoms with Crippen molar-refractivity contribution >= 4 is 35.8 Å². The molecule has 0 radical (unpaired) electrons. The Bertz CT molecular complexity index is 734. The first kappa shape index (κ1) is 22.9. The fourth-order valence-electron chi connectivity index (χ4n) is 2.34. The van der Waals surface area contributed by atoms with Crippen LogP contribution in [0, 0.1) is 12.7 Å². The molecule has 0 atom stereocenters. The Morgan fingerprint density at radius 1 is 1.15 bits per heavy atom. The minimum absolute atomic E-state index is 0. The van der Waals surface area contributed by atoms with Gasteiger partial charge in [0.2, 0.25) is 0 Å². The Kier molecular flexibility index (Phi) is 10.5. The maximum Gasteiger partial charge on any atom is 0.251 e. The molecule has 0 aliphatic carbocycles. The van der Waals surface area contributed by atoms with Gasteiger partial charge in [-0.1, -0.05) is 6.07 Å². The summed E-state index contributed by atoms with van der Waals surface area (Å²) in [7, 11) is 0. The molecule has 1 heterocycles. The van der Waals surface area contributed by atoms with Crippen molar-refractivity contribution < 1.29 is 9.18 Å². The number of hydrogen-bond donors (Lipinski definition) is 3. The molecule has 0 saturated heterocycles. The number of rotatable bonds is 8. The number of hydrogen-bond acceptors (Lipinski definition) is 2. The highest BCUT2D eigenvalue weighted by Crippen LogP contribution is 2.08. The van der Waals surface area contributed by atoms with Gasteiger partial charge >= 0.3 is 0 Å². The second-order valence-corrected chi connectivity index (χ2v) is 5.83. The van der Waals surface area contributed by atoms with Crippen molar-refractivity contribution in [3.05, 3.63) is 59.7 Å². The average molecular weight is 487 g/mol. The minimum Gasteiger partial charge on any atom is -0.357 e. The zero-order valence-electron chi connectivity index (χ0n) is 15.7. The van der Waals surface area contributed by atoms with Gasteiger partial charge in [0.05, 0.1) is 6.54 Å². The third-order valence-electron chi connectivity index (χ3n) is 3.77. The lowest BCUT2D eigenvalue weighted by Crippen LogP contribution is -2.39. The molecule has 8 heteroatoms. The van der Waals surface area contributed by atoms with Crippen LogP contribution in [0.1, 0.15) is 22.8 Å². The van der Waals surface area contributed by atoms with E-state index in [4.69, 9.17) is 0 Å². The summed E-state index contributed by atoms with van der Waals surface area (Å²) in [6.07, 6.45) is 4.02. The van der Waals surface area contributed by atoms with Crippen molar-refractivity contribution in [3.63, 3.8) is 0 Å². The summed E-state index contributed by atoms with van der Waals surface area (Å²) in [6.45, 7) is 6.81. The summed E-state index contributed by atoms with van der Waals surface area (Å²) in [5.41, 5.74) is 0.834. The van der Waals surface area contributed by atoms with E-state index in [0.717, 1.165) is 19.6 Å². The molecule has 1 amide bonds. The summed E-state index contributed by atoms with van der Waals surface area (Å²) in [5, 5.41) is 9.16. The van der Waals surface area contributed by atoms with Gasteiger partial charge in [0.1, 0.15) is 5.82 Å². The van der Waals surface area contributed by atoms with Gasteiger partial charge in [-0.25, -0.2) is 4.39 Å². The van der Waals surface area contributed by atoms with Crippen molar-refractivity contribution in [3.8, 4) is 0 Å². The third kappa shape index (κ3) is 7.98. The lowest BCUT2D eigenvalue weighted by Gasteiger charge is -2.12. The molecule has 148 valence electrons. The Morgan fingerprint density at radius 3 is 2.56 bits per heavy atom. The van der Waals surface area contributed by atoms with E-state index in [1.54, 1.807) is 19.1 Å².